The number of methoxy groups -OCH3 is 2. The second kappa shape index (κ2) is 17.4. The third-order valence-electron chi connectivity index (χ3n) is 11.0. The zero-order valence-corrected chi connectivity index (χ0v) is 33.5. The van der Waals surface area contributed by atoms with Gasteiger partial charge in [0, 0.05) is 19.0 Å². The average Bonchev–Trinajstić information content (AvgIpc) is 4.04. The molecular weight excluding hydrogens is 729 g/mol. The van der Waals surface area contributed by atoms with Crippen molar-refractivity contribution in [3.63, 3.8) is 0 Å². The number of benzene rings is 2. The van der Waals surface area contributed by atoms with Crippen molar-refractivity contribution in [3.8, 4) is 33.6 Å². The van der Waals surface area contributed by atoms with Crippen LogP contribution in [0.15, 0.2) is 60.9 Å². The van der Waals surface area contributed by atoms with Crippen LogP contribution in [0.5, 0.6) is 0 Å². The maximum Gasteiger partial charge on any atom is 0.407 e. The molecule has 57 heavy (non-hydrogen) atoms. The first kappa shape index (κ1) is 40.7. The molecule has 2 aliphatic heterocycles. The molecule has 4 amide bonds. The lowest BCUT2D eigenvalue weighted by Crippen LogP contribution is -2.51. The molecule has 1 unspecified atom stereocenters. The topological polar surface area (TPSA) is 192 Å². The number of hydrogen-bond donors (Lipinski definition) is 4. The number of likely N-dealkylation sites (tertiary alicyclic amines) is 2. The highest BCUT2D eigenvalue weighted by molar-refractivity contribution is 5.88. The fourth-order valence-electron chi connectivity index (χ4n) is 7.69. The van der Waals surface area contributed by atoms with Gasteiger partial charge in [-0.25, -0.2) is 19.6 Å². The standard InChI is InChI=1S/C42H52N8O7/c1-23(2)35(47-41(54)56-6)39(52)49-18-8-9-33(49)37-43-20-31(45-37)28-14-10-26(11-15-28)27-12-16-29(17-13-27)32-21-44-38(46-32)34-19-30(25(5)51)22-50(34)40(53)36(24(3)4)48-42(55)57-7/h10-17,20-21,23-24,30,33-36H,8-9,18-19,22H2,1-7H3,(H,43,45)(H,44,46)(H,47,54)(H,48,55)/t30?,33-,34-,35-,36-/m0/s1. The third kappa shape index (κ3) is 8.87. The van der Waals surface area contributed by atoms with Gasteiger partial charge >= 0.3 is 12.2 Å². The SMILES string of the molecule is COC(=O)N[C@H](C(=O)N1CCC[C@H]1c1ncc(-c2ccc(-c3ccc(-c4cnc([C@@H]5CC(C(C)=O)CN5C(=O)[C@@H](NC(=O)OC)C(C)C)[nH]4)cc3)cc2)[nH]1)C(C)C. The zero-order chi connectivity index (χ0) is 41.0. The van der Waals surface area contributed by atoms with Crippen LogP contribution < -0.4 is 10.6 Å². The number of aromatic nitrogens is 4. The van der Waals surface area contributed by atoms with Gasteiger partial charge in [-0.2, -0.15) is 0 Å². The van der Waals surface area contributed by atoms with Gasteiger partial charge in [-0.15, -0.1) is 0 Å². The number of ether oxygens (including phenoxy) is 2. The number of hydrogen-bond acceptors (Lipinski definition) is 9. The molecule has 4 aromatic rings. The van der Waals surface area contributed by atoms with Crippen molar-refractivity contribution in [2.75, 3.05) is 27.3 Å². The molecule has 302 valence electrons. The quantitative estimate of drug-likeness (QED) is 0.133. The van der Waals surface area contributed by atoms with Gasteiger partial charge in [-0.1, -0.05) is 76.2 Å². The first-order valence-corrected chi connectivity index (χ1v) is 19.4. The number of amides is 4. The second-order valence-corrected chi connectivity index (χ2v) is 15.5. The molecule has 0 saturated carbocycles. The smallest absolute Gasteiger partial charge is 0.407 e. The summed E-state index contributed by atoms with van der Waals surface area (Å²) >= 11 is 0. The molecule has 0 radical (unpaired) electrons. The van der Waals surface area contributed by atoms with E-state index in [1.165, 1.54) is 21.1 Å². The largest absolute Gasteiger partial charge is 0.453 e. The van der Waals surface area contributed by atoms with E-state index in [-0.39, 0.29) is 47.9 Å². The molecule has 4 heterocycles. The third-order valence-corrected chi connectivity index (χ3v) is 11.0. The van der Waals surface area contributed by atoms with E-state index in [4.69, 9.17) is 9.47 Å². The molecule has 6 rings (SSSR count). The molecule has 4 N–H and O–H groups in total. The lowest BCUT2D eigenvalue weighted by Gasteiger charge is -2.30. The Morgan fingerprint density at radius 3 is 1.56 bits per heavy atom. The minimum Gasteiger partial charge on any atom is -0.453 e. The van der Waals surface area contributed by atoms with E-state index in [0.29, 0.717) is 24.6 Å². The normalized spacial score (nSPS) is 19.1. The molecule has 15 nitrogen and oxygen atoms in total. The van der Waals surface area contributed by atoms with Gasteiger partial charge in [0.05, 0.1) is 50.1 Å². The first-order valence-electron chi connectivity index (χ1n) is 19.4. The summed E-state index contributed by atoms with van der Waals surface area (Å²) in [5, 5.41) is 5.34. The second-order valence-electron chi connectivity index (χ2n) is 15.5. The van der Waals surface area contributed by atoms with Crippen LogP contribution in [0.1, 0.15) is 77.6 Å². The number of aromatic amines is 2. The van der Waals surface area contributed by atoms with Gasteiger partial charge in [0.25, 0.3) is 0 Å². The summed E-state index contributed by atoms with van der Waals surface area (Å²) in [5.74, 6) is 0.182. The van der Waals surface area contributed by atoms with Gasteiger partial charge in [0.15, 0.2) is 0 Å². The van der Waals surface area contributed by atoms with E-state index in [0.717, 1.165) is 46.5 Å². The Hall–Kier alpha value is -5.99. The Balaban J connectivity index is 1.13. The molecule has 2 aromatic heterocycles. The molecule has 0 bridgehead atoms. The number of nitrogens with one attached hydrogen (secondary N) is 4. The number of rotatable bonds is 12. The van der Waals surface area contributed by atoms with Gasteiger partial charge in [-0.3, -0.25) is 14.4 Å². The number of nitrogens with zero attached hydrogens (tertiary/aromatic N) is 4. The Morgan fingerprint density at radius 2 is 1.12 bits per heavy atom. The van der Waals surface area contributed by atoms with Crippen molar-refractivity contribution in [2.45, 2.75) is 78.0 Å². The van der Waals surface area contributed by atoms with Gasteiger partial charge in [0.2, 0.25) is 11.8 Å². The van der Waals surface area contributed by atoms with Crippen molar-refractivity contribution in [3.05, 3.63) is 72.6 Å². The Morgan fingerprint density at radius 1 is 0.684 bits per heavy atom. The molecule has 2 fully saturated rings. The number of H-pyrrole nitrogens is 2. The lowest BCUT2D eigenvalue weighted by atomic mass is 10.0. The number of Topliss-reactive ketones (excluding diaryl/α,β-unsaturated/α-hetero) is 1. The Labute approximate surface area is 332 Å². The number of carbonyl (C=O) groups excluding carboxylic acids is 5. The monoisotopic (exact) mass is 780 g/mol. The van der Waals surface area contributed by atoms with Crippen LogP contribution in [-0.4, -0.2) is 98.9 Å². The predicted octanol–water partition coefficient (Wildman–Crippen LogP) is 6.04. The van der Waals surface area contributed by atoms with Crippen LogP contribution in [0.2, 0.25) is 0 Å². The van der Waals surface area contributed by atoms with Gasteiger partial charge in [0.1, 0.15) is 29.5 Å². The fourth-order valence-corrected chi connectivity index (χ4v) is 7.69. The molecule has 15 heteroatoms. The number of imidazole rings is 2. The predicted molar refractivity (Wildman–Crippen MR) is 212 cm³/mol. The first-order chi connectivity index (χ1) is 27.3. The Bertz CT molecular complexity index is 2070. The summed E-state index contributed by atoms with van der Waals surface area (Å²) in [6.07, 6.45) is 4.23. The summed E-state index contributed by atoms with van der Waals surface area (Å²) in [4.78, 5) is 83.3. The van der Waals surface area contributed by atoms with Crippen LogP contribution >= 0.6 is 0 Å². The van der Waals surface area contributed by atoms with Crippen LogP contribution in [0.25, 0.3) is 33.6 Å². The summed E-state index contributed by atoms with van der Waals surface area (Å²) in [7, 11) is 2.53. The molecule has 2 saturated heterocycles. The summed E-state index contributed by atoms with van der Waals surface area (Å²) in [5.41, 5.74) is 5.52. The van der Waals surface area contributed by atoms with E-state index in [1.54, 1.807) is 22.2 Å². The van der Waals surface area contributed by atoms with E-state index in [1.807, 2.05) is 76.2 Å². The average molecular weight is 781 g/mol. The number of alkyl carbamates (subject to hydrolysis) is 2. The van der Waals surface area contributed by atoms with E-state index < -0.39 is 30.3 Å². The molecular formula is C42H52N8O7. The summed E-state index contributed by atoms with van der Waals surface area (Å²) in [6.45, 7) is 9.83. The molecule has 0 aliphatic carbocycles. The van der Waals surface area contributed by atoms with Crippen molar-refractivity contribution in [1.29, 1.82) is 0 Å². The van der Waals surface area contributed by atoms with Gasteiger partial charge in [-0.05, 0) is 60.3 Å². The maximum absolute atomic E-state index is 13.8. The maximum atomic E-state index is 13.8. The van der Waals surface area contributed by atoms with Crippen molar-refractivity contribution >= 4 is 29.8 Å². The Kier molecular flexibility index (Phi) is 12.4. The minimum atomic E-state index is -0.819. The van der Waals surface area contributed by atoms with Crippen molar-refractivity contribution in [2.24, 2.45) is 17.8 Å². The van der Waals surface area contributed by atoms with Gasteiger partial charge < -0.3 is 39.9 Å². The molecule has 2 aliphatic rings. The van der Waals surface area contributed by atoms with Crippen molar-refractivity contribution in [1.82, 2.24) is 40.4 Å². The molecule has 5 atom stereocenters. The van der Waals surface area contributed by atoms with Crippen LogP contribution in [-0.2, 0) is 23.9 Å². The summed E-state index contributed by atoms with van der Waals surface area (Å²) in [6, 6.07) is 14.0. The highest BCUT2D eigenvalue weighted by atomic mass is 16.5. The molecule has 2 aromatic carbocycles. The zero-order valence-electron chi connectivity index (χ0n) is 33.5. The lowest BCUT2D eigenvalue weighted by molar-refractivity contribution is -0.136. The van der Waals surface area contributed by atoms with Crippen LogP contribution in [0, 0.1) is 17.8 Å². The molecule has 0 spiro atoms. The number of ketones is 1. The highest BCUT2D eigenvalue weighted by Gasteiger charge is 2.43. The fraction of sp³-hybridized carbons (Fsp3) is 0.452. The van der Waals surface area contributed by atoms with E-state index >= 15 is 0 Å². The number of carbonyl (C=O) groups is 5. The van der Waals surface area contributed by atoms with Crippen LogP contribution in [0.4, 0.5) is 9.59 Å². The van der Waals surface area contributed by atoms with Crippen molar-refractivity contribution < 1.29 is 33.4 Å². The minimum absolute atomic E-state index is 0.00146. The van der Waals surface area contributed by atoms with Crippen LogP contribution in [0.3, 0.4) is 0 Å². The van der Waals surface area contributed by atoms with E-state index in [2.05, 4.69) is 30.6 Å². The summed E-state index contributed by atoms with van der Waals surface area (Å²) < 4.78 is 9.51. The highest BCUT2D eigenvalue weighted by Crippen LogP contribution is 2.37. The van der Waals surface area contributed by atoms with E-state index in [9.17, 15) is 24.0 Å².